The zero-order valence-corrected chi connectivity index (χ0v) is 31.8. The third-order valence-electron chi connectivity index (χ3n) is 9.42. The molecule has 1 aromatic carbocycles. The van der Waals surface area contributed by atoms with E-state index in [2.05, 4.69) is 19.2 Å². The van der Waals surface area contributed by atoms with Crippen molar-refractivity contribution in [1.29, 1.82) is 0 Å². The van der Waals surface area contributed by atoms with Gasteiger partial charge in [-0.25, -0.2) is 4.79 Å². The van der Waals surface area contributed by atoms with Gasteiger partial charge in [-0.1, -0.05) is 71.4 Å². The molecule has 13 nitrogen and oxygen atoms in total. The van der Waals surface area contributed by atoms with Crippen LogP contribution in [0.1, 0.15) is 86.1 Å². The number of benzene rings is 1. The monoisotopic (exact) mass is 705 g/mol. The Bertz CT molecular complexity index is 1240. The normalized spacial score (nSPS) is 18.2. The largest absolute Gasteiger partial charge is 0.480 e. The molecule has 1 heterocycles. The third kappa shape index (κ3) is 13.6. The fraction of sp³-hybridized carbons (Fsp3) is 0.703. The fourth-order valence-electron chi connectivity index (χ4n) is 6.17. The first-order chi connectivity index (χ1) is 23.3. The first kappa shape index (κ1) is 44.5. The number of rotatable bonds is 18. The van der Waals surface area contributed by atoms with Gasteiger partial charge >= 0.3 is 5.97 Å². The maximum atomic E-state index is 13.8. The number of methoxy groups -OCH3 is 2. The van der Waals surface area contributed by atoms with Gasteiger partial charge in [0.25, 0.3) is 0 Å². The molecule has 0 aromatic heterocycles. The van der Waals surface area contributed by atoms with Crippen LogP contribution in [0.2, 0.25) is 0 Å². The summed E-state index contributed by atoms with van der Waals surface area (Å²) in [7, 11) is 4.88. The number of carbonyl (C=O) groups is 5. The molecular weight excluding hydrogens is 642 g/mol. The lowest BCUT2D eigenvalue weighted by Crippen LogP contribution is -2.54. The quantitative estimate of drug-likeness (QED) is 0.178. The van der Waals surface area contributed by atoms with Crippen LogP contribution in [-0.4, -0.2) is 108 Å². The van der Waals surface area contributed by atoms with Crippen molar-refractivity contribution in [2.24, 2.45) is 29.2 Å². The van der Waals surface area contributed by atoms with Gasteiger partial charge in [0.15, 0.2) is 0 Å². The van der Waals surface area contributed by atoms with Gasteiger partial charge in [-0.15, -0.1) is 0 Å². The number of ether oxygens (including phenoxy) is 2. The van der Waals surface area contributed by atoms with Crippen molar-refractivity contribution >= 4 is 29.6 Å². The van der Waals surface area contributed by atoms with Gasteiger partial charge in [-0.05, 0) is 44.1 Å². The predicted molar refractivity (Wildman–Crippen MR) is 193 cm³/mol. The molecule has 4 amide bonds. The molecule has 0 aliphatic carbocycles. The van der Waals surface area contributed by atoms with Crippen molar-refractivity contribution in [1.82, 2.24) is 15.1 Å². The smallest absolute Gasteiger partial charge is 0.326 e. The minimum Gasteiger partial charge on any atom is -0.480 e. The number of carbonyl (C=O) groups excluding carboxylic acids is 4. The molecular formula is C37H63N5O8. The average molecular weight is 706 g/mol. The number of nitrogens with one attached hydrogen (secondary N) is 1. The van der Waals surface area contributed by atoms with E-state index in [1.807, 2.05) is 44.2 Å². The topological polar surface area (TPSA) is 195 Å². The zero-order valence-electron chi connectivity index (χ0n) is 31.8. The van der Waals surface area contributed by atoms with Crippen molar-refractivity contribution in [3.63, 3.8) is 0 Å². The lowest BCUT2D eigenvalue weighted by atomic mass is 9.90. The first-order valence-electron chi connectivity index (χ1n) is 17.6. The fourth-order valence-corrected chi connectivity index (χ4v) is 6.17. The van der Waals surface area contributed by atoms with Crippen LogP contribution >= 0.6 is 0 Å². The number of nitrogens with two attached hydrogens (primary N) is 2. The van der Waals surface area contributed by atoms with Crippen molar-refractivity contribution in [2.75, 3.05) is 27.8 Å². The van der Waals surface area contributed by atoms with Crippen LogP contribution < -0.4 is 16.8 Å². The van der Waals surface area contributed by atoms with Crippen molar-refractivity contribution in [2.45, 2.75) is 123 Å². The highest BCUT2D eigenvalue weighted by Gasteiger charge is 2.42. The standard InChI is InChI=1S/C33H53N3O7.C4H10N2O/c1-9-22(4)30(35(6)28(37)18-21(2)3)27(42-7)20-29(38)36-17-13-16-26(36)31(43-8)23(5)32(39)34-25(33(40)41)19-24-14-11-10-12-15-24;1-4(2,6)3(5)7/h10-12,14-15,21-23,25-27,30-31H,9,13,16-20H2,1-8H3,(H,34,39)(H,40,41);6H2,1-2H3,(H2,5,7)/t22?,23?,25-,26?,27?,30?,31?;/m0./s1. The van der Waals surface area contributed by atoms with Crippen LogP contribution in [0.15, 0.2) is 30.3 Å². The molecule has 0 bridgehead atoms. The molecule has 13 heteroatoms. The van der Waals surface area contributed by atoms with Crippen LogP contribution in [0.5, 0.6) is 0 Å². The Morgan fingerprint density at radius 1 is 1.04 bits per heavy atom. The van der Waals surface area contributed by atoms with E-state index in [1.165, 1.54) is 7.11 Å². The Morgan fingerprint density at radius 2 is 1.62 bits per heavy atom. The molecule has 6 N–H and O–H groups in total. The lowest BCUT2D eigenvalue weighted by molar-refractivity contribution is -0.147. The molecule has 1 fully saturated rings. The van der Waals surface area contributed by atoms with E-state index in [-0.39, 0.29) is 48.6 Å². The maximum absolute atomic E-state index is 13.8. The number of primary amides is 1. The average Bonchev–Trinajstić information content (AvgIpc) is 3.53. The predicted octanol–water partition coefficient (Wildman–Crippen LogP) is 2.97. The molecule has 1 saturated heterocycles. The Morgan fingerprint density at radius 3 is 2.08 bits per heavy atom. The minimum atomic E-state index is -1.12. The minimum absolute atomic E-state index is 0.0278. The maximum Gasteiger partial charge on any atom is 0.326 e. The molecule has 0 spiro atoms. The van der Waals surface area contributed by atoms with Crippen LogP contribution in [-0.2, 0) is 39.9 Å². The van der Waals surface area contributed by atoms with Crippen LogP contribution in [0, 0.1) is 17.8 Å². The van der Waals surface area contributed by atoms with Gasteiger partial charge in [0.05, 0.1) is 42.2 Å². The first-order valence-corrected chi connectivity index (χ1v) is 17.6. The molecule has 0 radical (unpaired) electrons. The van der Waals surface area contributed by atoms with Gasteiger partial charge in [0, 0.05) is 40.7 Å². The summed E-state index contributed by atoms with van der Waals surface area (Å²) in [5.74, 6) is -2.49. The molecule has 7 atom stereocenters. The van der Waals surface area contributed by atoms with Gasteiger partial charge in [0.1, 0.15) is 6.04 Å². The number of carboxylic acid groups (broad SMARTS) is 1. The number of amides is 4. The second kappa shape index (κ2) is 21.0. The number of likely N-dealkylation sites (tertiary alicyclic amines) is 1. The van der Waals surface area contributed by atoms with Crippen molar-refractivity contribution in [3.8, 4) is 0 Å². The molecule has 0 saturated carbocycles. The van der Waals surface area contributed by atoms with E-state index in [4.69, 9.17) is 20.9 Å². The van der Waals surface area contributed by atoms with Gasteiger partial charge < -0.3 is 41.2 Å². The number of hydrogen-bond acceptors (Lipinski definition) is 8. The Labute approximate surface area is 298 Å². The van der Waals surface area contributed by atoms with Crippen molar-refractivity contribution in [3.05, 3.63) is 35.9 Å². The lowest BCUT2D eigenvalue weighted by Gasteiger charge is -2.39. The van der Waals surface area contributed by atoms with Gasteiger partial charge in [-0.3, -0.25) is 19.2 Å². The number of aliphatic carboxylic acids is 1. The molecule has 2 rings (SSSR count). The second-order valence-corrected chi connectivity index (χ2v) is 14.4. The summed E-state index contributed by atoms with van der Waals surface area (Å²) in [5, 5.41) is 12.5. The van der Waals surface area contributed by atoms with Crippen LogP contribution in [0.25, 0.3) is 0 Å². The van der Waals surface area contributed by atoms with Crippen molar-refractivity contribution < 1.29 is 38.6 Å². The summed E-state index contributed by atoms with van der Waals surface area (Å²) in [6.07, 6.45) is 1.79. The molecule has 6 unspecified atom stereocenters. The van der Waals surface area contributed by atoms with E-state index in [0.29, 0.717) is 19.4 Å². The molecule has 1 aliphatic rings. The summed E-state index contributed by atoms with van der Waals surface area (Å²) >= 11 is 0. The SMILES string of the molecule is CC(C)(N)C(N)=O.CCC(C)C(C(CC(=O)N1CCCC1C(OC)C(C)C(=O)N[C@@H](Cc1ccccc1)C(=O)O)OC)N(C)C(=O)CC(C)C. The van der Waals surface area contributed by atoms with E-state index < -0.39 is 47.5 Å². The number of hydrogen-bond donors (Lipinski definition) is 4. The Balaban J connectivity index is 0.00000161. The van der Waals surface area contributed by atoms with Gasteiger partial charge in [0.2, 0.25) is 23.6 Å². The molecule has 1 aliphatic heterocycles. The third-order valence-corrected chi connectivity index (χ3v) is 9.42. The Kier molecular flexibility index (Phi) is 18.6. The number of carboxylic acids is 1. The summed E-state index contributed by atoms with van der Waals surface area (Å²) in [6, 6.07) is 7.43. The van der Waals surface area contributed by atoms with E-state index in [1.54, 1.807) is 44.7 Å². The van der Waals surface area contributed by atoms with E-state index >= 15 is 0 Å². The highest BCUT2D eigenvalue weighted by molar-refractivity contribution is 5.86. The van der Waals surface area contributed by atoms with E-state index in [9.17, 15) is 29.1 Å². The zero-order chi connectivity index (χ0) is 38.3. The van der Waals surface area contributed by atoms with Crippen LogP contribution in [0.3, 0.4) is 0 Å². The number of nitrogens with zero attached hydrogens (tertiary/aromatic N) is 2. The van der Waals surface area contributed by atoms with Gasteiger partial charge in [-0.2, -0.15) is 0 Å². The summed E-state index contributed by atoms with van der Waals surface area (Å²) < 4.78 is 11.7. The summed E-state index contributed by atoms with van der Waals surface area (Å²) in [6.45, 7) is 13.5. The number of likely N-dealkylation sites (N-methyl/N-ethyl adjacent to an activating group) is 1. The Hall–Kier alpha value is -3.55. The molecule has 1 aromatic rings. The highest BCUT2D eigenvalue weighted by Crippen LogP contribution is 2.29. The van der Waals surface area contributed by atoms with Crippen LogP contribution in [0.4, 0.5) is 0 Å². The highest BCUT2D eigenvalue weighted by atomic mass is 16.5. The molecule has 284 valence electrons. The summed E-state index contributed by atoms with van der Waals surface area (Å²) in [4.78, 5) is 65.7. The summed E-state index contributed by atoms with van der Waals surface area (Å²) in [5.41, 5.74) is 9.95. The molecule has 50 heavy (non-hydrogen) atoms. The van der Waals surface area contributed by atoms with E-state index in [0.717, 1.165) is 18.4 Å². The second-order valence-electron chi connectivity index (χ2n) is 14.4.